The van der Waals surface area contributed by atoms with Crippen LogP contribution in [0.4, 0.5) is 0 Å². The van der Waals surface area contributed by atoms with Crippen molar-refractivity contribution in [3.05, 3.63) is 300 Å². The van der Waals surface area contributed by atoms with Crippen molar-refractivity contribution in [1.82, 2.24) is 9.13 Å². The first-order valence-corrected chi connectivity index (χ1v) is 28.2. The topological polar surface area (TPSA) is 9.86 Å². The van der Waals surface area contributed by atoms with E-state index in [0.717, 1.165) is 16.9 Å². The highest BCUT2D eigenvalue weighted by Gasteiger charge is 2.26. The van der Waals surface area contributed by atoms with Gasteiger partial charge in [0.05, 0.1) is 22.1 Å². The van der Waals surface area contributed by atoms with Gasteiger partial charge in [-0.25, -0.2) is 0 Å². The van der Waals surface area contributed by atoms with Crippen LogP contribution in [0.3, 0.4) is 0 Å². The molecule has 2 heteroatoms. The van der Waals surface area contributed by atoms with Crippen LogP contribution in [0, 0.1) is 0 Å². The molecule has 0 fully saturated rings. The molecular weight excluding hydrogens is 965 g/mol. The fourth-order valence-corrected chi connectivity index (χ4v) is 12.7. The summed E-state index contributed by atoms with van der Waals surface area (Å²) in [7, 11) is 0. The molecule has 0 aliphatic rings. The van der Waals surface area contributed by atoms with Crippen LogP contribution in [0.5, 0.6) is 0 Å². The van der Waals surface area contributed by atoms with Gasteiger partial charge in [-0.05, 0) is 154 Å². The van der Waals surface area contributed by atoms with E-state index in [2.05, 4.69) is 318 Å². The van der Waals surface area contributed by atoms with Gasteiger partial charge in [-0.15, -0.1) is 0 Å². The second-order valence-corrected chi connectivity index (χ2v) is 23.7. The largest absolute Gasteiger partial charge is 0.309 e. The number of benzene rings is 12. The van der Waals surface area contributed by atoms with Crippen molar-refractivity contribution in [2.24, 2.45) is 0 Å². The van der Waals surface area contributed by atoms with Crippen LogP contribution in [-0.4, -0.2) is 9.13 Å². The van der Waals surface area contributed by atoms with Crippen molar-refractivity contribution in [3.8, 4) is 33.6 Å². The normalized spacial score (nSPS) is 12.1. The molecule has 80 heavy (non-hydrogen) atoms. The zero-order valence-electron chi connectivity index (χ0n) is 46.3. The molecule has 384 valence electrons. The maximum atomic E-state index is 2.51. The number of hydrogen-bond donors (Lipinski definition) is 0. The summed E-state index contributed by atoms with van der Waals surface area (Å²) >= 11 is 0. The fraction of sp³-hybridized carbons (Fsp3) is 0.103. The molecule has 0 aliphatic heterocycles. The third-order valence-corrected chi connectivity index (χ3v) is 16.6. The average molecular weight is 1030 g/mol. The Balaban J connectivity index is 1.08. The predicted octanol–water partition coefficient (Wildman–Crippen LogP) is 21.1. The van der Waals surface area contributed by atoms with Gasteiger partial charge in [-0.3, -0.25) is 0 Å². The van der Waals surface area contributed by atoms with Crippen molar-refractivity contribution >= 4 is 76.3 Å². The molecule has 0 aliphatic carbocycles. The highest BCUT2D eigenvalue weighted by molar-refractivity contribution is 6.22. The second-order valence-electron chi connectivity index (χ2n) is 23.7. The Labute approximate surface area is 469 Å². The van der Waals surface area contributed by atoms with Crippen molar-refractivity contribution in [3.63, 3.8) is 0 Å². The van der Waals surface area contributed by atoms with E-state index in [-0.39, 0.29) is 10.8 Å². The molecule has 0 saturated carbocycles. The van der Waals surface area contributed by atoms with E-state index in [1.165, 1.54) is 126 Å². The molecule has 2 nitrogen and oxygen atoms in total. The molecule has 0 atom stereocenters. The second kappa shape index (κ2) is 19.1. The van der Waals surface area contributed by atoms with Crippen LogP contribution >= 0.6 is 0 Å². The number of hydrogen-bond acceptors (Lipinski definition) is 0. The molecule has 2 heterocycles. The summed E-state index contributed by atoms with van der Waals surface area (Å²) in [5.41, 5.74) is 21.3. The summed E-state index contributed by atoms with van der Waals surface area (Å²) < 4.78 is 4.98. The molecule has 2 aromatic heterocycles. The Bertz CT molecular complexity index is 4450. The summed E-state index contributed by atoms with van der Waals surface area (Å²) in [6.45, 7) is 14.0. The van der Waals surface area contributed by atoms with Gasteiger partial charge >= 0.3 is 0 Å². The molecule has 0 spiro atoms. The van der Waals surface area contributed by atoms with E-state index in [1.54, 1.807) is 0 Å². The zero-order chi connectivity index (χ0) is 54.3. The van der Waals surface area contributed by atoms with Gasteiger partial charge in [0, 0.05) is 32.9 Å². The van der Waals surface area contributed by atoms with Gasteiger partial charge in [0.1, 0.15) is 0 Å². The van der Waals surface area contributed by atoms with E-state index >= 15 is 0 Å². The minimum atomic E-state index is -0.105. The molecular formula is C78H62N2. The van der Waals surface area contributed by atoms with Crippen molar-refractivity contribution < 1.29 is 0 Å². The van der Waals surface area contributed by atoms with Gasteiger partial charge in [0.2, 0.25) is 0 Å². The Morgan fingerprint density at radius 2 is 0.562 bits per heavy atom. The van der Waals surface area contributed by atoms with Crippen molar-refractivity contribution in [2.45, 2.75) is 52.4 Å². The van der Waals surface area contributed by atoms with Crippen LogP contribution in [0.15, 0.2) is 267 Å². The van der Waals surface area contributed by atoms with E-state index in [0.29, 0.717) is 0 Å². The molecule has 0 amide bonds. The lowest BCUT2D eigenvalue weighted by Gasteiger charge is -2.25. The molecule has 0 N–H and O–H groups in total. The third-order valence-electron chi connectivity index (χ3n) is 16.6. The van der Waals surface area contributed by atoms with Crippen LogP contribution < -0.4 is 0 Å². The Hall–Kier alpha value is -9.50. The van der Waals surface area contributed by atoms with Gasteiger partial charge in [-0.2, -0.15) is 0 Å². The predicted molar refractivity (Wildman–Crippen MR) is 343 cm³/mol. The molecule has 0 saturated heterocycles. The lowest BCUT2D eigenvalue weighted by atomic mass is 9.79. The summed E-state index contributed by atoms with van der Waals surface area (Å²) in [4.78, 5) is 0. The number of fused-ring (bicyclic) bond motifs is 8. The van der Waals surface area contributed by atoms with E-state index in [4.69, 9.17) is 0 Å². The third kappa shape index (κ3) is 8.25. The van der Waals surface area contributed by atoms with Gasteiger partial charge in [-0.1, -0.05) is 254 Å². The highest BCUT2D eigenvalue weighted by atomic mass is 15.0. The molecule has 12 aromatic carbocycles. The summed E-state index contributed by atoms with van der Waals surface area (Å²) in [5, 5.41) is 9.90. The Kier molecular flexibility index (Phi) is 11.7. The SMILES string of the molecule is CC(C)(C)c1ccc2c(-c3cc(-n4c5ccccc5c5ccccc54)cc(-n4c5ccccc5c5ccccc54)c3)c3cc(C(C)(C)C)ccc3c(-c3ccc(C(=C(c4ccccc4)c4ccccc4)c4ccccc4)cc3)c2c1. The molecule has 0 unspecified atom stereocenters. The molecule has 14 rings (SSSR count). The lowest BCUT2D eigenvalue weighted by Crippen LogP contribution is -2.11. The quantitative estimate of drug-likeness (QED) is 0.106. The van der Waals surface area contributed by atoms with E-state index in [9.17, 15) is 0 Å². The fourth-order valence-electron chi connectivity index (χ4n) is 12.7. The number of rotatable bonds is 8. The molecule has 0 bridgehead atoms. The Morgan fingerprint density at radius 1 is 0.250 bits per heavy atom. The van der Waals surface area contributed by atoms with Crippen LogP contribution in [0.2, 0.25) is 0 Å². The first-order chi connectivity index (χ1) is 39.0. The monoisotopic (exact) mass is 1030 g/mol. The first-order valence-electron chi connectivity index (χ1n) is 28.2. The van der Waals surface area contributed by atoms with E-state index < -0.39 is 0 Å². The standard InChI is InChI=1S/C78H62N2/c1-77(2,3)57-43-45-66-67(48-57)75(55-40-38-54(39-41-55)74(53-28-14-9-15-29-53)73(51-24-10-7-11-25-51)52-26-12-8-13-27-52)65-44-42-58(78(4,5)6)49-68(65)76(66)56-46-59(79-69-34-20-16-30-61(69)62-31-17-21-35-70(62)79)50-60(47-56)80-71-36-22-18-32-63(71)64-33-19-23-37-72(64)80/h7-50H,1-6H3. The Morgan fingerprint density at radius 3 is 0.912 bits per heavy atom. The van der Waals surface area contributed by atoms with Crippen molar-refractivity contribution in [2.75, 3.05) is 0 Å². The van der Waals surface area contributed by atoms with Crippen molar-refractivity contribution in [1.29, 1.82) is 0 Å². The maximum absolute atomic E-state index is 2.51. The average Bonchev–Trinajstić information content (AvgIpc) is 4.09. The van der Waals surface area contributed by atoms with Gasteiger partial charge in [0.25, 0.3) is 0 Å². The summed E-state index contributed by atoms with van der Waals surface area (Å²) in [6.07, 6.45) is 0. The summed E-state index contributed by atoms with van der Waals surface area (Å²) in [6, 6.07) is 99.6. The number of nitrogens with zero attached hydrogens (tertiary/aromatic N) is 2. The zero-order valence-corrected chi connectivity index (χ0v) is 46.3. The van der Waals surface area contributed by atoms with Crippen LogP contribution in [0.1, 0.15) is 74.9 Å². The summed E-state index contributed by atoms with van der Waals surface area (Å²) in [5.74, 6) is 0. The highest BCUT2D eigenvalue weighted by Crippen LogP contribution is 2.49. The number of aromatic nitrogens is 2. The molecule has 0 radical (unpaired) electrons. The minimum Gasteiger partial charge on any atom is -0.309 e. The van der Waals surface area contributed by atoms with Crippen LogP contribution in [-0.2, 0) is 10.8 Å². The van der Waals surface area contributed by atoms with Gasteiger partial charge < -0.3 is 9.13 Å². The van der Waals surface area contributed by atoms with Crippen LogP contribution in [0.25, 0.3) is 110 Å². The number of para-hydroxylation sites is 4. The lowest BCUT2D eigenvalue weighted by molar-refractivity contribution is 0.590. The molecule has 14 aromatic rings. The maximum Gasteiger partial charge on any atom is 0.0541 e. The van der Waals surface area contributed by atoms with Gasteiger partial charge in [0.15, 0.2) is 0 Å². The first kappa shape index (κ1) is 48.8. The minimum absolute atomic E-state index is 0.0959. The van der Waals surface area contributed by atoms with E-state index in [1.807, 2.05) is 0 Å². The smallest absolute Gasteiger partial charge is 0.0541 e.